The van der Waals surface area contributed by atoms with E-state index < -0.39 is 0 Å². The van der Waals surface area contributed by atoms with Crippen molar-refractivity contribution < 1.29 is 14.6 Å². The molecule has 2 atom stereocenters. The molecule has 0 aliphatic rings. The molecule has 0 aromatic rings. The second kappa shape index (κ2) is 41.2. The average molecular weight is 708 g/mol. The van der Waals surface area contributed by atoms with Crippen LogP contribution in [0.2, 0.25) is 0 Å². The molecule has 0 amide bonds. The van der Waals surface area contributed by atoms with Gasteiger partial charge in [-0.1, -0.05) is 176 Å². The fourth-order valence-electron chi connectivity index (χ4n) is 7.34. The van der Waals surface area contributed by atoms with Gasteiger partial charge in [0, 0.05) is 32.3 Å². The van der Waals surface area contributed by atoms with Gasteiger partial charge < -0.3 is 19.5 Å². The Morgan fingerprint density at radius 1 is 0.480 bits per heavy atom. The molecule has 50 heavy (non-hydrogen) atoms. The second-order valence-corrected chi connectivity index (χ2v) is 15.8. The normalized spacial score (nSPS) is 12.9. The number of allylic oxidation sites excluding steroid dienone is 1. The lowest BCUT2D eigenvalue weighted by Gasteiger charge is -2.22. The van der Waals surface area contributed by atoms with E-state index in [4.69, 9.17) is 9.47 Å². The van der Waals surface area contributed by atoms with Crippen LogP contribution in [0, 0.1) is 11.8 Å². The van der Waals surface area contributed by atoms with Crippen molar-refractivity contribution in [3.63, 3.8) is 0 Å². The Labute approximate surface area is 315 Å². The Hall–Kier alpha value is -0.580. The molecule has 2 unspecified atom stereocenters. The zero-order valence-corrected chi connectivity index (χ0v) is 34.9. The SMILES string of the molecule is C=C(OCCCCCCCCCN(CCCO)CCCCCCCCCOCC(CCCC)CCCCCC)C(CCCC)CCCCCC. The predicted molar refractivity (Wildman–Crippen MR) is 222 cm³/mol. The fraction of sp³-hybridized carbons (Fsp3) is 0.957. The van der Waals surface area contributed by atoms with Crippen molar-refractivity contribution in [2.45, 2.75) is 227 Å². The van der Waals surface area contributed by atoms with Crippen LogP contribution >= 0.6 is 0 Å². The van der Waals surface area contributed by atoms with Crippen molar-refractivity contribution in [1.82, 2.24) is 4.90 Å². The van der Waals surface area contributed by atoms with E-state index in [-0.39, 0.29) is 0 Å². The maximum absolute atomic E-state index is 9.40. The summed E-state index contributed by atoms with van der Waals surface area (Å²) >= 11 is 0. The standard InChI is InChI=1S/C46H93NO3/c1-6-10-14-26-34-45(33-12-8-3)43-49-41-30-24-20-16-18-22-28-37-47(39-32-40-48)38-29-23-19-17-21-25-31-42-50-44(5)46(35-13-9-4)36-27-15-11-7-2/h45-46,48H,5-43H2,1-4H3. The van der Waals surface area contributed by atoms with Crippen molar-refractivity contribution in [2.24, 2.45) is 11.8 Å². The maximum Gasteiger partial charge on any atom is 0.0918 e. The number of aliphatic hydroxyl groups is 1. The lowest BCUT2D eigenvalue weighted by molar-refractivity contribution is 0.0881. The highest BCUT2D eigenvalue weighted by atomic mass is 16.5. The third-order valence-corrected chi connectivity index (χ3v) is 10.9. The van der Waals surface area contributed by atoms with E-state index in [1.165, 1.54) is 199 Å². The van der Waals surface area contributed by atoms with E-state index in [0.29, 0.717) is 12.5 Å². The first-order valence-corrected chi connectivity index (χ1v) is 22.8. The molecule has 0 aliphatic carbocycles. The Balaban J connectivity index is 3.84. The summed E-state index contributed by atoms with van der Waals surface area (Å²) in [7, 11) is 0. The van der Waals surface area contributed by atoms with Crippen LogP contribution in [0.3, 0.4) is 0 Å². The van der Waals surface area contributed by atoms with Gasteiger partial charge in [-0.2, -0.15) is 0 Å². The Bertz CT molecular complexity index is 655. The molecule has 0 bridgehead atoms. The minimum Gasteiger partial charge on any atom is -0.498 e. The molecule has 1 N–H and O–H groups in total. The van der Waals surface area contributed by atoms with Crippen LogP contribution in [-0.4, -0.2) is 56.1 Å². The van der Waals surface area contributed by atoms with Crippen molar-refractivity contribution in [3.8, 4) is 0 Å². The predicted octanol–water partition coefficient (Wildman–Crippen LogP) is 14.2. The number of ether oxygens (including phenoxy) is 2. The first-order valence-electron chi connectivity index (χ1n) is 22.8. The fourth-order valence-corrected chi connectivity index (χ4v) is 7.34. The minimum atomic E-state index is 0.313. The molecular formula is C46H93NO3. The van der Waals surface area contributed by atoms with E-state index in [1.807, 2.05) is 0 Å². The van der Waals surface area contributed by atoms with Crippen LogP contribution in [0.5, 0.6) is 0 Å². The summed E-state index contributed by atoms with van der Waals surface area (Å²) < 4.78 is 12.3. The molecule has 0 spiro atoms. The van der Waals surface area contributed by atoms with Crippen LogP contribution in [0.25, 0.3) is 0 Å². The molecule has 4 heteroatoms. The van der Waals surface area contributed by atoms with Crippen molar-refractivity contribution in [2.75, 3.05) is 46.1 Å². The van der Waals surface area contributed by atoms with Gasteiger partial charge in [0.05, 0.1) is 12.4 Å². The molecule has 4 nitrogen and oxygen atoms in total. The largest absolute Gasteiger partial charge is 0.498 e. The second-order valence-electron chi connectivity index (χ2n) is 15.8. The third-order valence-electron chi connectivity index (χ3n) is 10.9. The number of nitrogens with zero attached hydrogens (tertiary/aromatic N) is 1. The van der Waals surface area contributed by atoms with Crippen LogP contribution in [0.15, 0.2) is 12.3 Å². The van der Waals surface area contributed by atoms with Crippen molar-refractivity contribution >= 4 is 0 Å². The third kappa shape index (κ3) is 34.5. The number of hydrogen-bond acceptors (Lipinski definition) is 4. The number of unbranched alkanes of at least 4 members (excludes halogenated alkanes) is 20. The van der Waals surface area contributed by atoms with E-state index in [2.05, 4.69) is 39.2 Å². The molecule has 0 fully saturated rings. The first-order chi connectivity index (χ1) is 24.6. The van der Waals surface area contributed by atoms with Gasteiger partial charge >= 0.3 is 0 Å². The zero-order valence-electron chi connectivity index (χ0n) is 34.9. The molecule has 0 saturated carbocycles. The van der Waals surface area contributed by atoms with Gasteiger partial charge in [0.25, 0.3) is 0 Å². The number of hydrogen-bond donors (Lipinski definition) is 1. The molecule has 0 saturated heterocycles. The lowest BCUT2D eigenvalue weighted by Crippen LogP contribution is -2.27. The van der Waals surface area contributed by atoms with Crippen molar-refractivity contribution in [1.29, 1.82) is 0 Å². The van der Waals surface area contributed by atoms with E-state index >= 15 is 0 Å². The Morgan fingerprint density at radius 2 is 0.900 bits per heavy atom. The van der Waals surface area contributed by atoms with Gasteiger partial charge in [0.2, 0.25) is 0 Å². The van der Waals surface area contributed by atoms with Gasteiger partial charge in [-0.05, 0) is 76.8 Å². The monoisotopic (exact) mass is 708 g/mol. The van der Waals surface area contributed by atoms with Crippen molar-refractivity contribution in [3.05, 3.63) is 12.3 Å². The molecule has 0 radical (unpaired) electrons. The topological polar surface area (TPSA) is 41.9 Å². The molecule has 0 heterocycles. The molecule has 0 aliphatic heterocycles. The molecule has 0 aromatic heterocycles. The maximum atomic E-state index is 9.40. The molecule has 0 aromatic carbocycles. The summed E-state index contributed by atoms with van der Waals surface area (Å²) in [6, 6.07) is 0. The van der Waals surface area contributed by atoms with Gasteiger partial charge in [-0.15, -0.1) is 0 Å². The van der Waals surface area contributed by atoms with Gasteiger partial charge in [-0.3, -0.25) is 0 Å². The number of aliphatic hydroxyl groups excluding tert-OH is 1. The quantitative estimate of drug-likeness (QED) is 0.0506. The van der Waals surface area contributed by atoms with E-state index in [0.717, 1.165) is 50.9 Å². The van der Waals surface area contributed by atoms with Gasteiger partial charge in [-0.25, -0.2) is 0 Å². The molecule has 300 valence electrons. The van der Waals surface area contributed by atoms with E-state index in [1.54, 1.807) is 0 Å². The highest BCUT2D eigenvalue weighted by Crippen LogP contribution is 2.25. The highest BCUT2D eigenvalue weighted by molar-refractivity contribution is 4.91. The highest BCUT2D eigenvalue weighted by Gasteiger charge is 2.14. The summed E-state index contributed by atoms with van der Waals surface area (Å²) in [5.74, 6) is 2.41. The lowest BCUT2D eigenvalue weighted by atomic mass is 9.94. The number of rotatable bonds is 43. The molecular weight excluding hydrogens is 615 g/mol. The van der Waals surface area contributed by atoms with Gasteiger partial charge in [0.15, 0.2) is 0 Å². The first kappa shape index (κ1) is 49.4. The summed E-state index contributed by atoms with van der Waals surface area (Å²) in [6.07, 6.45) is 40.5. The summed E-state index contributed by atoms with van der Waals surface area (Å²) in [5.41, 5.74) is 0. The average Bonchev–Trinajstić information content (AvgIpc) is 3.12. The Kier molecular flexibility index (Phi) is 40.7. The van der Waals surface area contributed by atoms with Crippen LogP contribution in [0.4, 0.5) is 0 Å². The van der Waals surface area contributed by atoms with E-state index in [9.17, 15) is 5.11 Å². The van der Waals surface area contributed by atoms with Crippen LogP contribution < -0.4 is 0 Å². The summed E-state index contributed by atoms with van der Waals surface area (Å²) in [6.45, 7) is 20.1. The molecule has 0 rings (SSSR count). The van der Waals surface area contributed by atoms with Crippen LogP contribution in [0.1, 0.15) is 227 Å². The van der Waals surface area contributed by atoms with Gasteiger partial charge in [0.1, 0.15) is 0 Å². The smallest absolute Gasteiger partial charge is 0.0918 e. The summed E-state index contributed by atoms with van der Waals surface area (Å²) in [5, 5.41) is 9.40. The van der Waals surface area contributed by atoms with Crippen LogP contribution in [-0.2, 0) is 9.47 Å². The zero-order chi connectivity index (χ0) is 36.6. The minimum absolute atomic E-state index is 0.313. The Morgan fingerprint density at radius 3 is 1.46 bits per heavy atom. The summed E-state index contributed by atoms with van der Waals surface area (Å²) in [4.78, 5) is 2.62.